The van der Waals surface area contributed by atoms with Crippen LogP contribution in [0.25, 0.3) is 0 Å². The van der Waals surface area contributed by atoms with Crippen molar-refractivity contribution in [3.63, 3.8) is 0 Å². The van der Waals surface area contributed by atoms with Crippen LogP contribution in [0.5, 0.6) is 0 Å². The van der Waals surface area contributed by atoms with Crippen molar-refractivity contribution >= 4 is 11.4 Å². The molecule has 3 nitrogen and oxygen atoms in total. The molecule has 0 aromatic heterocycles. The van der Waals surface area contributed by atoms with Gasteiger partial charge in [-0.25, -0.2) is 0 Å². The third-order valence-corrected chi connectivity index (χ3v) is 2.80. The van der Waals surface area contributed by atoms with Crippen LogP contribution >= 0.6 is 0 Å². The molecule has 0 aliphatic heterocycles. The Bertz CT molecular complexity index is 547. The molecule has 84 valence electrons. The van der Waals surface area contributed by atoms with Crippen molar-refractivity contribution in [3.05, 3.63) is 53.6 Å². The Morgan fingerprint density at radius 1 is 1.41 bits per heavy atom. The van der Waals surface area contributed by atoms with Crippen molar-refractivity contribution in [1.82, 2.24) is 0 Å². The number of nitrogens with zero attached hydrogens (tertiary/aromatic N) is 1. The van der Waals surface area contributed by atoms with E-state index in [1.54, 1.807) is 6.07 Å². The zero-order valence-electron chi connectivity index (χ0n) is 9.35. The average Bonchev–Trinajstić information content (AvgIpc) is 2.38. The molecule has 17 heavy (non-hydrogen) atoms. The molecular weight excluding hydrogens is 210 g/mol. The highest BCUT2D eigenvalue weighted by atomic mass is 14.6. The molecule has 2 rings (SSSR count). The summed E-state index contributed by atoms with van der Waals surface area (Å²) in [5.41, 5.74) is 8.44. The molecule has 3 N–H and O–H groups in total. The molecule has 0 amide bonds. The quantitative estimate of drug-likeness (QED) is 0.597. The fraction of sp³-hybridized carbons (Fsp3) is 0.143. The standard InChI is InChI=1S/C14H13N3/c15-9-10-4-3-5-11(8-10)14(17)12-6-1-2-7-13(12)16/h1-7,10,17H,8,16H2. The summed E-state index contributed by atoms with van der Waals surface area (Å²) in [5, 5.41) is 17.0. The summed E-state index contributed by atoms with van der Waals surface area (Å²) in [6.45, 7) is 0. The molecule has 1 atom stereocenters. The first kappa shape index (κ1) is 11.2. The van der Waals surface area contributed by atoms with Crippen molar-refractivity contribution in [2.75, 3.05) is 5.73 Å². The van der Waals surface area contributed by atoms with Gasteiger partial charge in [0.1, 0.15) is 0 Å². The molecule has 0 spiro atoms. The van der Waals surface area contributed by atoms with E-state index < -0.39 is 0 Å². The smallest absolute Gasteiger partial charge is 0.0701 e. The summed E-state index contributed by atoms with van der Waals surface area (Å²) >= 11 is 0. The highest BCUT2D eigenvalue weighted by molar-refractivity contribution is 6.13. The molecule has 0 saturated heterocycles. The van der Waals surface area contributed by atoms with Crippen molar-refractivity contribution in [3.8, 4) is 6.07 Å². The van der Waals surface area contributed by atoms with E-state index in [-0.39, 0.29) is 5.92 Å². The van der Waals surface area contributed by atoms with Gasteiger partial charge in [-0.1, -0.05) is 36.4 Å². The number of para-hydroxylation sites is 1. The number of allylic oxidation sites excluding steroid dienone is 4. The number of rotatable bonds is 2. The minimum absolute atomic E-state index is 0.139. The molecule has 0 radical (unpaired) electrons. The van der Waals surface area contributed by atoms with E-state index in [0.717, 1.165) is 11.1 Å². The molecule has 1 aromatic rings. The van der Waals surface area contributed by atoms with Gasteiger partial charge in [0.25, 0.3) is 0 Å². The summed E-state index contributed by atoms with van der Waals surface area (Å²) in [5.74, 6) is -0.139. The van der Waals surface area contributed by atoms with Crippen LogP contribution in [0.3, 0.4) is 0 Å². The fourth-order valence-electron chi connectivity index (χ4n) is 1.85. The van der Waals surface area contributed by atoms with E-state index in [1.807, 2.05) is 36.4 Å². The van der Waals surface area contributed by atoms with Gasteiger partial charge < -0.3 is 5.73 Å². The van der Waals surface area contributed by atoms with Crippen LogP contribution < -0.4 is 5.73 Å². The van der Waals surface area contributed by atoms with Crippen LogP contribution in [0.2, 0.25) is 0 Å². The van der Waals surface area contributed by atoms with E-state index in [4.69, 9.17) is 16.4 Å². The molecule has 0 bridgehead atoms. The Kier molecular flexibility index (Phi) is 3.06. The van der Waals surface area contributed by atoms with Crippen LogP contribution in [-0.4, -0.2) is 5.71 Å². The van der Waals surface area contributed by atoms with Gasteiger partial charge in [-0.05, 0) is 18.1 Å². The highest BCUT2D eigenvalue weighted by Gasteiger charge is 2.16. The number of nitrogen functional groups attached to an aromatic ring is 1. The topological polar surface area (TPSA) is 73.7 Å². The van der Waals surface area contributed by atoms with E-state index >= 15 is 0 Å². The Hall–Kier alpha value is -2.34. The number of hydrogen-bond acceptors (Lipinski definition) is 3. The molecule has 1 aliphatic rings. The molecule has 0 fully saturated rings. The van der Waals surface area contributed by atoms with Crippen LogP contribution in [0.15, 0.2) is 48.1 Å². The zero-order chi connectivity index (χ0) is 12.3. The lowest BCUT2D eigenvalue weighted by Crippen LogP contribution is -2.11. The van der Waals surface area contributed by atoms with Crippen LogP contribution in [0, 0.1) is 22.7 Å². The second-order valence-corrected chi connectivity index (χ2v) is 3.98. The van der Waals surface area contributed by atoms with E-state index in [9.17, 15) is 0 Å². The Morgan fingerprint density at radius 3 is 2.88 bits per heavy atom. The Morgan fingerprint density at radius 2 is 2.18 bits per heavy atom. The Balaban J connectivity index is 2.28. The van der Waals surface area contributed by atoms with Gasteiger partial charge >= 0.3 is 0 Å². The van der Waals surface area contributed by atoms with Crippen molar-refractivity contribution in [2.24, 2.45) is 5.92 Å². The van der Waals surface area contributed by atoms with Gasteiger partial charge in [0, 0.05) is 11.3 Å². The minimum Gasteiger partial charge on any atom is -0.398 e. The lowest BCUT2D eigenvalue weighted by molar-refractivity contribution is 0.818. The monoisotopic (exact) mass is 223 g/mol. The number of nitrogens with two attached hydrogens (primary N) is 1. The zero-order valence-corrected chi connectivity index (χ0v) is 9.35. The summed E-state index contributed by atoms with van der Waals surface area (Å²) in [4.78, 5) is 0. The van der Waals surface area contributed by atoms with E-state index in [0.29, 0.717) is 17.8 Å². The maximum atomic E-state index is 8.89. The van der Waals surface area contributed by atoms with E-state index in [2.05, 4.69) is 6.07 Å². The highest BCUT2D eigenvalue weighted by Crippen LogP contribution is 2.23. The number of benzene rings is 1. The lowest BCUT2D eigenvalue weighted by atomic mass is 9.89. The minimum atomic E-state index is -0.139. The molecule has 1 aromatic carbocycles. The molecule has 1 aliphatic carbocycles. The van der Waals surface area contributed by atoms with Gasteiger partial charge in [0.15, 0.2) is 0 Å². The third-order valence-electron chi connectivity index (χ3n) is 2.80. The van der Waals surface area contributed by atoms with Crippen LogP contribution in [0.4, 0.5) is 5.69 Å². The van der Waals surface area contributed by atoms with E-state index in [1.165, 1.54) is 0 Å². The number of nitriles is 1. The predicted octanol–water partition coefficient (Wildman–Crippen LogP) is 2.66. The number of anilines is 1. The first-order valence-electron chi connectivity index (χ1n) is 5.43. The van der Waals surface area contributed by atoms with Gasteiger partial charge in [-0.15, -0.1) is 0 Å². The Labute approximate surface area is 100 Å². The summed E-state index contributed by atoms with van der Waals surface area (Å²) in [6.07, 6.45) is 6.15. The second kappa shape index (κ2) is 4.67. The van der Waals surface area contributed by atoms with Crippen molar-refractivity contribution in [2.45, 2.75) is 6.42 Å². The predicted molar refractivity (Wildman–Crippen MR) is 68.6 cm³/mol. The van der Waals surface area contributed by atoms with Crippen LogP contribution in [0.1, 0.15) is 12.0 Å². The van der Waals surface area contributed by atoms with Gasteiger partial charge in [-0.3, -0.25) is 5.41 Å². The molecule has 0 heterocycles. The summed E-state index contributed by atoms with van der Waals surface area (Å²) in [6, 6.07) is 9.52. The largest absolute Gasteiger partial charge is 0.398 e. The summed E-state index contributed by atoms with van der Waals surface area (Å²) < 4.78 is 0. The first-order valence-corrected chi connectivity index (χ1v) is 5.43. The lowest BCUT2D eigenvalue weighted by Gasteiger charge is -2.15. The second-order valence-electron chi connectivity index (χ2n) is 3.98. The van der Waals surface area contributed by atoms with Crippen molar-refractivity contribution < 1.29 is 0 Å². The van der Waals surface area contributed by atoms with Crippen LogP contribution in [-0.2, 0) is 0 Å². The van der Waals surface area contributed by atoms with Gasteiger partial charge in [0.05, 0.1) is 17.7 Å². The normalized spacial score (nSPS) is 18.3. The summed E-state index contributed by atoms with van der Waals surface area (Å²) in [7, 11) is 0. The van der Waals surface area contributed by atoms with Gasteiger partial charge in [0.2, 0.25) is 0 Å². The fourth-order valence-corrected chi connectivity index (χ4v) is 1.85. The maximum absolute atomic E-state index is 8.89. The molecule has 3 heteroatoms. The first-order chi connectivity index (χ1) is 8.22. The molecule has 0 saturated carbocycles. The number of hydrogen-bond donors (Lipinski definition) is 2. The maximum Gasteiger partial charge on any atom is 0.0701 e. The molecular formula is C14H13N3. The SMILES string of the molecule is N#CC1C=CC=C(C(=N)c2ccccc2N)C1. The van der Waals surface area contributed by atoms with Gasteiger partial charge in [-0.2, -0.15) is 5.26 Å². The average molecular weight is 223 g/mol. The number of nitrogens with one attached hydrogen (secondary N) is 1. The van der Waals surface area contributed by atoms with Crippen molar-refractivity contribution in [1.29, 1.82) is 10.7 Å². The molecule has 1 unspecified atom stereocenters. The third kappa shape index (κ3) is 2.26.